The van der Waals surface area contributed by atoms with Crippen LogP contribution in [0.3, 0.4) is 0 Å². The second-order valence-corrected chi connectivity index (χ2v) is 5.42. The van der Waals surface area contributed by atoms with Crippen molar-refractivity contribution in [2.75, 3.05) is 23.3 Å². The molecule has 1 aromatic rings. The van der Waals surface area contributed by atoms with Crippen LogP contribution < -0.4 is 10.2 Å². The van der Waals surface area contributed by atoms with Gasteiger partial charge in [-0.25, -0.2) is 4.39 Å². The first-order chi connectivity index (χ1) is 10.3. The van der Waals surface area contributed by atoms with E-state index in [4.69, 9.17) is 4.74 Å². The van der Waals surface area contributed by atoms with Crippen molar-refractivity contribution in [1.29, 1.82) is 0 Å². The number of nitrogens with zero attached hydrogens (tertiary/aromatic N) is 2. The van der Waals surface area contributed by atoms with Crippen molar-refractivity contribution < 1.29 is 18.8 Å². The van der Waals surface area contributed by atoms with Crippen molar-refractivity contribution in [3.05, 3.63) is 28.1 Å². The Hall–Kier alpha value is -2.22. The molecule has 2 unspecified atom stereocenters. The number of hydrogen-bond donors (Lipinski definition) is 1. The highest BCUT2D eigenvalue weighted by atomic mass is 19.1. The van der Waals surface area contributed by atoms with Gasteiger partial charge in [0.25, 0.3) is 5.69 Å². The van der Waals surface area contributed by atoms with E-state index in [1.165, 1.54) is 13.0 Å². The maximum absolute atomic E-state index is 14.3. The molecule has 8 heteroatoms. The molecule has 1 heterocycles. The fourth-order valence-electron chi connectivity index (χ4n) is 2.61. The van der Waals surface area contributed by atoms with Gasteiger partial charge in [-0.3, -0.25) is 14.9 Å². The van der Waals surface area contributed by atoms with Gasteiger partial charge >= 0.3 is 0 Å². The van der Waals surface area contributed by atoms with Crippen molar-refractivity contribution in [3.8, 4) is 0 Å². The minimum atomic E-state index is -0.720. The third-order valence-electron chi connectivity index (χ3n) is 3.33. The first-order valence-corrected chi connectivity index (χ1v) is 6.94. The number of halogens is 1. The molecule has 1 aliphatic heterocycles. The lowest BCUT2D eigenvalue weighted by Crippen LogP contribution is -2.45. The molecule has 22 heavy (non-hydrogen) atoms. The minimum absolute atomic E-state index is 0.0132. The molecule has 1 fully saturated rings. The second kappa shape index (κ2) is 6.27. The van der Waals surface area contributed by atoms with Gasteiger partial charge in [0.05, 0.1) is 28.9 Å². The summed E-state index contributed by atoms with van der Waals surface area (Å²) < 4.78 is 19.9. The number of carbonyl (C=O) groups excluding carboxylic acids is 1. The number of ether oxygens (including phenoxy) is 1. The monoisotopic (exact) mass is 311 g/mol. The number of nitro benzene ring substituents is 1. The van der Waals surface area contributed by atoms with Crippen LogP contribution in [0.25, 0.3) is 0 Å². The lowest BCUT2D eigenvalue weighted by atomic mass is 10.1. The van der Waals surface area contributed by atoms with E-state index < -0.39 is 22.3 Å². The first-order valence-electron chi connectivity index (χ1n) is 6.94. The highest BCUT2D eigenvalue weighted by molar-refractivity contribution is 5.92. The van der Waals surface area contributed by atoms with E-state index >= 15 is 0 Å². The number of anilines is 2. The van der Waals surface area contributed by atoms with Crippen LogP contribution in [0.2, 0.25) is 0 Å². The van der Waals surface area contributed by atoms with E-state index in [0.717, 1.165) is 6.07 Å². The van der Waals surface area contributed by atoms with E-state index in [2.05, 4.69) is 5.32 Å². The number of morpholine rings is 1. The summed E-state index contributed by atoms with van der Waals surface area (Å²) in [4.78, 5) is 23.3. The first kappa shape index (κ1) is 16.2. The van der Waals surface area contributed by atoms with Gasteiger partial charge in [-0.2, -0.15) is 0 Å². The van der Waals surface area contributed by atoms with Gasteiger partial charge in [-0.05, 0) is 19.9 Å². The Morgan fingerprint density at radius 1 is 1.41 bits per heavy atom. The lowest BCUT2D eigenvalue weighted by molar-refractivity contribution is -0.384. The van der Waals surface area contributed by atoms with Crippen LogP contribution in [0.4, 0.5) is 21.5 Å². The van der Waals surface area contributed by atoms with E-state index in [0.29, 0.717) is 13.1 Å². The molecule has 2 atom stereocenters. The van der Waals surface area contributed by atoms with Crippen molar-refractivity contribution >= 4 is 23.0 Å². The van der Waals surface area contributed by atoms with Gasteiger partial charge in [0, 0.05) is 20.0 Å². The maximum atomic E-state index is 14.3. The predicted molar refractivity (Wildman–Crippen MR) is 79.6 cm³/mol. The number of hydrogen-bond acceptors (Lipinski definition) is 5. The zero-order chi connectivity index (χ0) is 16.4. The smallest absolute Gasteiger partial charge is 0.295 e. The van der Waals surface area contributed by atoms with Crippen molar-refractivity contribution in [3.63, 3.8) is 0 Å². The zero-order valence-corrected chi connectivity index (χ0v) is 12.6. The third kappa shape index (κ3) is 3.51. The quantitative estimate of drug-likeness (QED) is 0.684. The van der Waals surface area contributed by atoms with Gasteiger partial charge in [-0.1, -0.05) is 0 Å². The van der Waals surface area contributed by atoms with Gasteiger partial charge in [0.1, 0.15) is 5.69 Å². The Morgan fingerprint density at radius 2 is 2.00 bits per heavy atom. The van der Waals surface area contributed by atoms with Crippen molar-refractivity contribution in [1.82, 2.24) is 0 Å². The molecule has 1 amide bonds. The van der Waals surface area contributed by atoms with Gasteiger partial charge in [0.2, 0.25) is 5.91 Å². The van der Waals surface area contributed by atoms with Crippen molar-refractivity contribution in [2.24, 2.45) is 0 Å². The average Bonchev–Trinajstić information content (AvgIpc) is 2.38. The molecule has 1 saturated heterocycles. The zero-order valence-electron chi connectivity index (χ0n) is 12.6. The normalized spacial score (nSPS) is 21.5. The topological polar surface area (TPSA) is 84.7 Å². The summed E-state index contributed by atoms with van der Waals surface area (Å²) in [6.07, 6.45) is -0.162. The van der Waals surface area contributed by atoms with E-state index in [9.17, 15) is 19.3 Å². The number of nitrogens with one attached hydrogen (secondary N) is 1. The van der Waals surface area contributed by atoms with Gasteiger partial charge in [-0.15, -0.1) is 0 Å². The molecular weight excluding hydrogens is 293 g/mol. The van der Waals surface area contributed by atoms with Crippen molar-refractivity contribution in [2.45, 2.75) is 33.0 Å². The molecule has 120 valence electrons. The third-order valence-corrected chi connectivity index (χ3v) is 3.33. The minimum Gasteiger partial charge on any atom is -0.372 e. The van der Waals surface area contributed by atoms with Crippen LogP contribution >= 0.6 is 0 Å². The maximum Gasteiger partial charge on any atom is 0.295 e. The molecule has 0 aromatic heterocycles. The molecule has 0 bridgehead atoms. The number of amides is 1. The summed E-state index contributed by atoms with van der Waals surface area (Å²) >= 11 is 0. The molecule has 0 radical (unpaired) electrons. The summed E-state index contributed by atoms with van der Waals surface area (Å²) in [6, 6.07) is 2.14. The van der Waals surface area contributed by atoms with E-state index in [1.54, 1.807) is 4.90 Å². The van der Waals surface area contributed by atoms with Crippen LogP contribution in [-0.2, 0) is 9.53 Å². The predicted octanol–water partition coefficient (Wildman–Crippen LogP) is 2.31. The van der Waals surface area contributed by atoms with E-state index in [-0.39, 0.29) is 23.6 Å². The molecular formula is C14H18FN3O4. The fourth-order valence-corrected chi connectivity index (χ4v) is 2.61. The Morgan fingerprint density at radius 3 is 2.50 bits per heavy atom. The molecule has 0 aliphatic carbocycles. The second-order valence-electron chi connectivity index (χ2n) is 5.42. The van der Waals surface area contributed by atoms with Crippen LogP contribution in [-0.4, -0.2) is 36.1 Å². The van der Waals surface area contributed by atoms with Crippen LogP contribution in [0.5, 0.6) is 0 Å². The Balaban J connectivity index is 2.43. The molecule has 1 N–H and O–H groups in total. The highest BCUT2D eigenvalue weighted by Crippen LogP contribution is 2.33. The number of rotatable bonds is 3. The molecule has 0 spiro atoms. The van der Waals surface area contributed by atoms with Gasteiger partial charge in [0.15, 0.2) is 5.82 Å². The summed E-state index contributed by atoms with van der Waals surface area (Å²) in [5.74, 6) is -1.15. The molecule has 7 nitrogen and oxygen atoms in total. The number of carbonyl (C=O) groups is 1. The number of benzene rings is 1. The summed E-state index contributed by atoms with van der Waals surface area (Å²) in [7, 11) is 0. The molecule has 1 aliphatic rings. The largest absolute Gasteiger partial charge is 0.372 e. The lowest BCUT2D eigenvalue weighted by Gasteiger charge is -2.37. The van der Waals surface area contributed by atoms with Crippen LogP contribution in [0.15, 0.2) is 12.1 Å². The average molecular weight is 311 g/mol. The molecule has 0 saturated carbocycles. The standard InChI is InChI=1S/C14H18FN3O4/c1-8-6-17(7-9(2)22-8)13-5-12(16-10(3)19)14(18(20)21)4-11(13)15/h4-5,8-9H,6-7H2,1-3H3,(H,16,19). The van der Waals surface area contributed by atoms with E-state index in [1.807, 2.05) is 13.8 Å². The fraction of sp³-hybridized carbons (Fsp3) is 0.500. The number of nitro groups is 1. The van der Waals surface area contributed by atoms with Crippen LogP contribution in [0, 0.1) is 15.9 Å². The molecule has 1 aromatic carbocycles. The molecule has 2 rings (SSSR count). The highest BCUT2D eigenvalue weighted by Gasteiger charge is 2.27. The summed E-state index contributed by atoms with van der Waals surface area (Å²) in [6.45, 7) is 5.93. The Kier molecular flexibility index (Phi) is 4.60. The van der Waals surface area contributed by atoms with Gasteiger partial charge < -0.3 is 15.0 Å². The van der Waals surface area contributed by atoms with Crippen LogP contribution in [0.1, 0.15) is 20.8 Å². The summed E-state index contributed by atoms with van der Waals surface area (Å²) in [5.41, 5.74) is -0.261. The summed E-state index contributed by atoms with van der Waals surface area (Å²) in [5, 5.41) is 13.4. The Bertz CT molecular complexity index is 598. The Labute approximate surface area is 127 Å². The SMILES string of the molecule is CC(=O)Nc1cc(N2CC(C)OC(C)C2)c(F)cc1[N+](=O)[O-].